The summed E-state index contributed by atoms with van der Waals surface area (Å²) in [6.45, 7) is 3.69. The van der Waals surface area contributed by atoms with Gasteiger partial charge in [-0.1, -0.05) is 11.3 Å². The molecule has 162 valence electrons. The van der Waals surface area contributed by atoms with Crippen LogP contribution in [0, 0.1) is 12.8 Å². The number of nitrogens with zero attached hydrogens (tertiary/aromatic N) is 3. The van der Waals surface area contributed by atoms with Gasteiger partial charge in [-0.2, -0.15) is 0 Å². The number of hydrogen-bond acceptors (Lipinski definition) is 8. The molecule has 1 aromatic carbocycles. The first-order valence-electron chi connectivity index (χ1n) is 9.92. The van der Waals surface area contributed by atoms with Gasteiger partial charge in [0.1, 0.15) is 5.75 Å². The van der Waals surface area contributed by atoms with E-state index in [1.54, 1.807) is 30.5 Å². The molecule has 0 atom stereocenters. The van der Waals surface area contributed by atoms with Gasteiger partial charge < -0.3 is 20.6 Å². The van der Waals surface area contributed by atoms with Crippen molar-refractivity contribution < 1.29 is 14.7 Å². The van der Waals surface area contributed by atoms with Crippen molar-refractivity contribution in [3.63, 3.8) is 0 Å². The Morgan fingerprint density at radius 3 is 2.90 bits per heavy atom. The minimum atomic E-state index is -0.231. The van der Waals surface area contributed by atoms with E-state index in [-0.39, 0.29) is 23.5 Å². The quantitative estimate of drug-likeness (QED) is 0.608. The topological polar surface area (TPSA) is 107 Å². The van der Waals surface area contributed by atoms with E-state index in [4.69, 9.17) is 0 Å². The second-order valence-electron chi connectivity index (χ2n) is 7.59. The number of anilines is 1. The van der Waals surface area contributed by atoms with Crippen molar-refractivity contribution in [2.75, 3.05) is 25.5 Å². The van der Waals surface area contributed by atoms with E-state index in [9.17, 15) is 14.7 Å². The zero-order chi connectivity index (χ0) is 22.0. The van der Waals surface area contributed by atoms with E-state index in [1.807, 2.05) is 6.92 Å². The molecule has 0 radical (unpaired) electrons. The predicted octanol–water partition coefficient (Wildman–Crippen LogP) is 3.33. The van der Waals surface area contributed by atoms with Gasteiger partial charge in [-0.15, -0.1) is 0 Å². The lowest BCUT2D eigenvalue weighted by Gasteiger charge is -2.27. The van der Waals surface area contributed by atoms with Crippen molar-refractivity contribution in [2.45, 2.75) is 19.8 Å². The number of aliphatic imine (C=N–C) groups is 1. The number of aromatic hydroxyl groups is 1. The molecule has 2 fully saturated rings. The Hall–Kier alpha value is -2.69. The number of amides is 2. The molecule has 4 rings (SSSR count). The standard InChI is InChI=1S/C21H23N5O3S2/c1-12-9-14(27)3-4-16(12)23-21-25-19(29)17(31-21)10-15-11-22-20(30-15)24-18(28)13-5-7-26(2)8-6-13/h3-4,9-11,13,27H,5-8H2,1-2H3,(H,22,24,28)(H,23,25,29). The fourth-order valence-corrected chi connectivity index (χ4v) is 5.04. The van der Waals surface area contributed by atoms with Gasteiger partial charge in [0.25, 0.3) is 5.91 Å². The lowest BCUT2D eigenvalue weighted by molar-refractivity contribution is -0.121. The number of amidine groups is 1. The summed E-state index contributed by atoms with van der Waals surface area (Å²) in [6, 6.07) is 4.88. The number of aromatic nitrogens is 1. The van der Waals surface area contributed by atoms with Crippen molar-refractivity contribution in [2.24, 2.45) is 10.9 Å². The molecule has 8 nitrogen and oxygen atoms in total. The summed E-state index contributed by atoms with van der Waals surface area (Å²) in [6.07, 6.45) is 5.10. The molecule has 10 heteroatoms. The summed E-state index contributed by atoms with van der Waals surface area (Å²) in [7, 11) is 2.06. The van der Waals surface area contributed by atoms with Crippen LogP contribution < -0.4 is 10.6 Å². The number of hydrogen-bond donors (Lipinski definition) is 3. The van der Waals surface area contributed by atoms with Gasteiger partial charge in [-0.25, -0.2) is 9.98 Å². The molecule has 0 saturated carbocycles. The molecule has 2 amide bonds. The number of nitrogens with one attached hydrogen (secondary N) is 2. The van der Waals surface area contributed by atoms with Crippen LogP contribution in [-0.4, -0.2) is 52.1 Å². The third-order valence-corrected chi connectivity index (χ3v) is 6.94. The fourth-order valence-electron chi connectivity index (χ4n) is 3.37. The number of likely N-dealkylation sites (tertiary alicyclic amines) is 1. The third-order valence-electron chi connectivity index (χ3n) is 5.17. The Morgan fingerprint density at radius 2 is 2.16 bits per heavy atom. The smallest absolute Gasteiger partial charge is 0.264 e. The van der Waals surface area contributed by atoms with E-state index >= 15 is 0 Å². The van der Waals surface area contributed by atoms with Gasteiger partial charge in [0.15, 0.2) is 10.3 Å². The Kier molecular flexibility index (Phi) is 6.40. The zero-order valence-corrected chi connectivity index (χ0v) is 18.8. The van der Waals surface area contributed by atoms with Gasteiger partial charge >= 0.3 is 0 Å². The molecule has 2 aromatic rings. The number of carbonyl (C=O) groups excluding carboxylic acids is 2. The molecule has 31 heavy (non-hydrogen) atoms. The fraction of sp³-hybridized carbons (Fsp3) is 0.333. The van der Waals surface area contributed by atoms with Crippen LogP contribution in [0.15, 0.2) is 34.3 Å². The van der Waals surface area contributed by atoms with Crippen molar-refractivity contribution in [1.29, 1.82) is 0 Å². The van der Waals surface area contributed by atoms with Crippen molar-refractivity contribution >= 4 is 57.0 Å². The Balaban J connectivity index is 1.41. The molecule has 2 saturated heterocycles. The number of piperidine rings is 1. The van der Waals surface area contributed by atoms with Gasteiger partial charge in [0.2, 0.25) is 5.91 Å². The Morgan fingerprint density at radius 1 is 1.39 bits per heavy atom. The Bertz CT molecular complexity index is 1070. The monoisotopic (exact) mass is 457 g/mol. The van der Waals surface area contributed by atoms with Crippen molar-refractivity contribution in [3.8, 4) is 5.75 Å². The highest BCUT2D eigenvalue weighted by Gasteiger charge is 2.26. The van der Waals surface area contributed by atoms with Crippen LogP contribution in [-0.2, 0) is 9.59 Å². The Labute approximate surface area is 188 Å². The molecular formula is C21H23N5O3S2. The number of aryl methyl sites for hydroxylation is 1. The summed E-state index contributed by atoms with van der Waals surface area (Å²) >= 11 is 2.58. The molecular weight excluding hydrogens is 434 g/mol. The number of thioether (sulfide) groups is 1. The van der Waals surface area contributed by atoms with E-state index in [0.29, 0.717) is 20.9 Å². The van der Waals surface area contributed by atoms with Gasteiger partial charge in [0, 0.05) is 12.1 Å². The first-order valence-corrected chi connectivity index (χ1v) is 11.5. The van der Waals surface area contributed by atoms with E-state index in [0.717, 1.165) is 36.4 Å². The number of rotatable bonds is 4. The number of phenolic OH excluding ortho intramolecular Hbond substituents is 1. The summed E-state index contributed by atoms with van der Waals surface area (Å²) in [5.41, 5.74) is 1.49. The number of thiazole rings is 1. The molecule has 0 unspecified atom stereocenters. The van der Waals surface area contributed by atoms with Gasteiger partial charge in [-0.3, -0.25) is 9.59 Å². The second-order valence-corrected chi connectivity index (χ2v) is 9.68. The first-order chi connectivity index (χ1) is 14.9. The van der Waals surface area contributed by atoms with Crippen molar-refractivity contribution in [3.05, 3.63) is 39.7 Å². The zero-order valence-electron chi connectivity index (χ0n) is 17.2. The summed E-state index contributed by atoms with van der Waals surface area (Å²) in [5, 5.41) is 16.2. The van der Waals surface area contributed by atoms with Crippen LogP contribution in [0.3, 0.4) is 0 Å². The van der Waals surface area contributed by atoms with E-state index in [2.05, 4.69) is 32.6 Å². The molecule has 2 aliphatic heterocycles. The summed E-state index contributed by atoms with van der Waals surface area (Å²) in [4.78, 5) is 37.0. The lowest BCUT2D eigenvalue weighted by atomic mass is 9.96. The highest BCUT2D eigenvalue weighted by molar-refractivity contribution is 8.18. The van der Waals surface area contributed by atoms with Crippen LogP contribution >= 0.6 is 23.1 Å². The maximum atomic E-state index is 12.5. The maximum Gasteiger partial charge on any atom is 0.264 e. The molecule has 0 aliphatic carbocycles. The van der Waals surface area contributed by atoms with Crippen LogP contribution in [0.5, 0.6) is 5.75 Å². The van der Waals surface area contributed by atoms with E-state index in [1.165, 1.54) is 23.1 Å². The number of carbonyl (C=O) groups is 2. The summed E-state index contributed by atoms with van der Waals surface area (Å²) < 4.78 is 0. The second kappa shape index (κ2) is 9.21. The highest BCUT2D eigenvalue weighted by atomic mass is 32.2. The normalized spacial score (nSPS) is 20.4. The van der Waals surface area contributed by atoms with E-state index < -0.39 is 0 Å². The SMILES string of the molecule is Cc1cc(O)ccc1N=C1NC(=O)C(=Cc2cnc(NC(=O)C3CCN(C)CC3)s2)S1. The number of benzene rings is 1. The number of phenols is 1. The molecule has 1 aromatic heterocycles. The lowest BCUT2D eigenvalue weighted by Crippen LogP contribution is -2.35. The molecule has 0 bridgehead atoms. The minimum absolute atomic E-state index is 0.00771. The van der Waals surface area contributed by atoms with Gasteiger partial charge in [0.05, 0.1) is 15.5 Å². The minimum Gasteiger partial charge on any atom is -0.508 e. The first kappa shape index (κ1) is 21.5. The maximum absolute atomic E-state index is 12.5. The third kappa shape index (κ3) is 5.33. The molecule has 3 heterocycles. The predicted molar refractivity (Wildman–Crippen MR) is 125 cm³/mol. The van der Waals surface area contributed by atoms with Crippen LogP contribution in [0.2, 0.25) is 0 Å². The van der Waals surface area contributed by atoms with Gasteiger partial charge in [-0.05, 0) is 81.5 Å². The molecule has 0 spiro atoms. The molecule has 2 aliphatic rings. The largest absolute Gasteiger partial charge is 0.508 e. The average molecular weight is 458 g/mol. The molecule has 3 N–H and O–H groups in total. The van der Waals surface area contributed by atoms with Crippen molar-refractivity contribution in [1.82, 2.24) is 15.2 Å². The van der Waals surface area contributed by atoms with Crippen LogP contribution in [0.1, 0.15) is 23.3 Å². The highest BCUT2D eigenvalue weighted by Crippen LogP contribution is 2.32. The average Bonchev–Trinajstić information content (AvgIpc) is 3.31. The summed E-state index contributed by atoms with van der Waals surface area (Å²) in [5.74, 6) is -0.0342. The van der Waals surface area contributed by atoms with Crippen LogP contribution in [0.4, 0.5) is 10.8 Å². The van der Waals surface area contributed by atoms with Crippen LogP contribution in [0.25, 0.3) is 6.08 Å².